The van der Waals surface area contributed by atoms with Gasteiger partial charge in [0.1, 0.15) is 0 Å². The fraction of sp³-hybridized carbons (Fsp3) is 0.750. The number of alkyl halides is 2. The minimum absolute atomic E-state index is 0.567. The number of nitrogens with zero attached hydrogens (tertiary/aromatic N) is 1. The molecule has 0 amide bonds. The predicted octanol–water partition coefficient (Wildman–Crippen LogP) is -1.69. The van der Waals surface area contributed by atoms with Crippen LogP contribution < -0.4 is 21.2 Å². The molecular formula is C8H15IN-. The molecule has 1 unspecified atom stereocenters. The van der Waals surface area contributed by atoms with E-state index < -0.39 is 0 Å². The zero-order valence-electron chi connectivity index (χ0n) is 7.11. The van der Waals surface area contributed by atoms with Crippen LogP contribution in [0, 0.1) is 0 Å². The van der Waals surface area contributed by atoms with Crippen molar-refractivity contribution in [3.63, 3.8) is 0 Å². The number of hydrogen-bond acceptors (Lipinski definition) is 1. The van der Waals surface area contributed by atoms with E-state index in [4.69, 9.17) is 0 Å². The molecule has 0 saturated carbocycles. The van der Waals surface area contributed by atoms with Gasteiger partial charge in [0, 0.05) is 0 Å². The quantitative estimate of drug-likeness (QED) is 0.419. The number of hydrogen-bond donors (Lipinski definition) is 0. The summed E-state index contributed by atoms with van der Waals surface area (Å²) in [5.41, 5.74) is 3.11. The van der Waals surface area contributed by atoms with Gasteiger partial charge in [0.15, 0.2) is 0 Å². The first kappa shape index (κ1) is 8.37. The van der Waals surface area contributed by atoms with Crippen molar-refractivity contribution in [1.29, 1.82) is 0 Å². The summed E-state index contributed by atoms with van der Waals surface area (Å²) in [5.74, 6) is 0. The second-order valence-corrected chi connectivity index (χ2v) is 6.32. The first-order valence-electron chi connectivity index (χ1n) is 3.55. The Bertz CT molecular complexity index is 149. The van der Waals surface area contributed by atoms with Gasteiger partial charge < -0.3 is 0 Å². The Labute approximate surface area is 73.7 Å². The van der Waals surface area contributed by atoms with Gasteiger partial charge in [-0.25, -0.2) is 0 Å². The molecule has 1 aliphatic heterocycles. The van der Waals surface area contributed by atoms with E-state index >= 15 is 0 Å². The van der Waals surface area contributed by atoms with Crippen molar-refractivity contribution >= 4 is 0 Å². The van der Waals surface area contributed by atoms with Gasteiger partial charge >= 0.3 is 73.7 Å². The molecule has 2 heteroatoms. The van der Waals surface area contributed by atoms with Crippen LogP contribution in [0.1, 0.15) is 13.8 Å². The molecule has 1 aliphatic rings. The van der Waals surface area contributed by atoms with Crippen LogP contribution in [0.4, 0.5) is 0 Å². The summed E-state index contributed by atoms with van der Waals surface area (Å²) < 4.78 is 2.51. The zero-order chi connectivity index (χ0) is 7.72. The fourth-order valence-electron chi connectivity index (χ4n) is 1.23. The van der Waals surface area contributed by atoms with Crippen LogP contribution in [0.3, 0.4) is 0 Å². The van der Waals surface area contributed by atoms with Crippen molar-refractivity contribution in [2.75, 3.05) is 18.5 Å². The van der Waals surface area contributed by atoms with Gasteiger partial charge in [-0.2, -0.15) is 0 Å². The molecule has 0 spiro atoms. The number of halogens is 1. The van der Waals surface area contributed by atoms with Crippen LogP contribution in [0.2, 0.25) is 0 Å². The van der Waals surface area contributed by atoms with E-state index in [0.29, 0.717) is 21.2 Å². The molecule has 60 valence electrons. The Hall–Kier alpha value is 0.270. The van der Waals surface area contributed by atoms with E-state index in [-0.39, 0.29) is 0 Å². The van der Waals surface area contributed by atoms with Gasteiger partial charge in [-0.15, -0.1) is 0 Å². The fourth-order valence-corrected chi connectivity index (χ4v) is 3.50. The zero-order valence-corrected chi connectivity index (χ0v) is 9.27. The second kappa shape index (κ2) is 3.11. The molecule has 1 fully saturated rings. The van der Waals surface area contributed by atoms with E-state index in [2.05, 4.69) is 32.8 Å². The molecule has 0 N–H and O–H groups in total. The summed E-state index contributed by atoms with van der Waals surface area (Å²) >= 11 is 0.567. The molecule has 0 aromatic heterocycles. The summed E-state index contributed by atoms with van der Waals surface area (Å²) in [6.45, 7) is 4.44. The molecule has 1 rings (SSSR count). The van der Waals surface area contributed by atoms with Crippen molar-refractivity contribution in [2.45, 2.75) is 17.8 Å². The monoisotopic (exact) mass is 252 g/mol. The van der Waals surface area contributed by atoms with Crippen LogP contribution in [0.15, 0.2) is 11.3 Å². The molecule has 10 heavy (non-hydrogen) atoms. The molecule has 0 aromatic carbocycles. The van der Waals surface area contributed by atoms with E-state index in [1.165, 1.54) is 10.0 Å². The maximum absolute atomic E-state index is 2.28. The third-order valence-electron chi connectivity index (χ3n) is 1.60. The van der Waals surface area contributed by atoms with Gasteiger partial charge in [0.05, 0.1) is 0 Å². The Morgan fingerprint density at radius 1 is 1.40 bits per heavy atom. The average Bonchev–Trinajstić information content (AvgIpc) is 2.46. The van der Waals surface area contributed by atoms with Gasteiger partial charge in [0.2, 0.25) is 0 Å². The maximum atomic E-state index is 2.28. The third kappa shape index (κ3) is 1.87. The molecule has 1 nitrogen and oxygen atoms in total. The van der Waals surface area contributed by atoms with Crippen LogP contribution in [-0.2, 0) is 0 Å². The van der Waals surface area contributed by atoms with Crippen molar-refractivity contribution in [1.82, 2.24) is 4.90 Å². The summed E-state index contributed by atoms with van der Waals surface area (Å²) in [6.07, 6.45) is 0. The van der Waals surface area contributed by atoms with Crippen molar-refractivity contribution in [2.24, 2.45) is 0 Å². The van der Waals surface area contributed by atoms with Crippen LogP contribution in [-0.4, -0.2) is 27.3 Å². The topological polar surface area (TPSA) is 3.24 Å². The van der Waals surface area contributed by atoms with Gasteiger partial charge in [0.25, 0.3) is 0 Å². The SMILES string of the molecule is CC(C)=C(C1C[I-]1)N(C)C. The second-order valence-electron chi connectivity index (χ2n) is 3.06. The standard InChI is InChI=1S/C8H15IN/c1-6(2)8(10(3)4)7-5-9-7/h7H,5H2,1-4H3/q-1. The summed E-state index contributed by atoms with van der Waals surface area (Å²) in [5, 5.41) is 0. The first-order chi connectivity index (χ1) is 4.63. The molecule has 0 bridgehead atoms. The summed E-state index contributed by atoms with van der Waals surface area (Å²) in [7, 11) is 4.31. The Kier molecular flexibility index (Phi) is 2.61. The molecular weight excluding hydrogens is 237 g/mol. The Balaban J connectivity index is 2.68. The molecule has 0 aliphatic carbocycles. The number of rotatable bonds is 2. The number of allylic oxidation sites excluding steroid dienone is 2. The van der Waals surface area contributed by atoms with Gasteiger partial charge in [-0.1, -0.05) is 0 Å². The summed E-state index contributed by atoms with van der Waals surface area (Å²) in [6, 6.07) is 0. The van der Waals surface area contributed by atoms with Crippen molar-refractivity contribution in [3.05, 3.63) is 11.3 Å². The Morgan fingerprint density at radius 3 is 2.00 bits per heavy atom. The molecule has 1 saturated heterocycles. The minimum atomic E-state index is 0.567. The normalized spacial score (nSPS) is 23.0. The van der Waals surface area contributed by atoms with Crippen molar-refractivity contribution < 1.29 is 21.2 Å². The van der Waals surface area contributed by atoms with Crippen LogP contribution >= 0.6 is 0 Å². The third-order valence-corrected chi connectivity index (χ3v) is 3.95. The van der Waals surface area contributed by atoms with E-state index in [0.717, 1.165) is 3.92 Å². The summed E-state index contributed by atoms with van der Waals surface area (Å²) in [4.78, 5) is 2.28. The van der Waals surface area contributed by atoms with Crippen LogP contribution in [0.25, 0.3) is 0 Å². The van der Waals surface area contributed by atoms with Gasteiger partial charge in [-0.3, -0.25) is 0 Å². The predicted molar refractivity (Wildman–Crippen MR) is 40.7 cm³/mol. The molecule has 0 radical (unpaired) electrons. The van der Waals surface area contributed by atoms with Crippen molar-refractivity contribution in [3.8, 4) is 0 Å². The average molecular weight is 252 g/mol. The first-order valence-corrected chi connectivity index (χ1v) is 6.32. The molecule has 0 aromatic rings. The van der Waals surface area contributed by atoms with E-state index in [1.807, 2.05) is 0 Å². The van der Waals surface area contributed by atoms with E-state index in [9.17, 15) is 0 Å². The van der Waals surface area contributed by atoms with Crippen LogP contribution in [0.5, 0.6) is 0 Å². The van der Waals surface area contributed by atoms with Gasteiger partial charge in [-0.05, 0) is 0 Å². The van der Waals surface area contributed by atoms with E-state index in [1.54, 1.807) is 5.70 Å². The molecule has 1 atom stereocenters. The molecule has 1 heterocycles. The Morgan fingerprint density at radius 2 is 1.90 bits per heavy atom.